The summed E-state index contributed by atoms with van der Waals surface area (Å²) in [5, 5.41) is 13.1. The van der Waals surface area contributed by atoms with E-state index in [9.17, 15) is 5.11 Å². The first-order valence-corrected chi connectivity index (χ1v) is 8.15. The summed E-state index contributed by atoms with van der Waals surface area (Å²) in [5.74, 6) is 0. The highest BCUT2D eigenvalue weighted by Crippen LogP contribution is 2.11. The molecule has 0 amide bonds. The molecule has 2 saturated heterocycles. The van der Waals surface area contributed by atoms with Crippen LogP contribution >= 0.6 is 0 Å². The van der Waals surface area contributed by atoms with Crippen LogP contribution < -0.4 is 5.32 Å². The van der Waals surface area contributed by atoms with Gasteiger partial charge in [0, 0.05) is 26.2 Å². The first kappa shape index (κ1) is 16.2. The Morgan fingerprint density at radius 2 is 2.10 bits per heavy atom. The Bertz CT molecular complexity index is 241. The molecule has 0 aromatic heterocycles. The molecule has 2 aliphatic heterocycles. The van der Waals surface area contributed by atoms with Gasteiger partial charge in [0.2, 0.25) is 0 Å². The van der Waals surface area contributed by atoms with Crippen molar-refractivity contribution in [2.45, 2.75) is 44.3 Å². The van der Waals surface area contributed by atoms with E-state index in [1.807, 2.05) is 0 Å². The van der Waals surface area contributed by atoms with Crippen molar-refractivity contribution in [2.24, 2.45) is 0 Å². The molecule has 5 nitrogen and oxygen atoms in total. The average Bonchev–Trinajstić information content (AvgIpc) is 2.98. The van der Waals surface area contributed by atoms with Crippen LogP contribution in [0.4, 0.5) is 0 Å². The predicted octanol–water partition coefficient (Wildman–Crippen LogP) is 0.618. The first-order chi connectivity index (χ1) is 9.84. The monoisotopic (exact) mass is 286 g/mol. The lowest BCUT2D eigenvalue weighted by molar-refractivity contribution is -0.0164. The molecule has 0 radical (unpaired) electrons. The van der Waals surface area contributed by atoms with E-state index in [1.165, 1.54) is 32.4 Å². The lowest BCUT2D eigenvalue weighted by atomic mass is 10.1. The van der Waals surface area contributed by atoms with Crippen LogP contribution in [-0.2, 0) is 9.47 Å². The molecule has 2 N–H and O–H groups in total. The summed E-state index contributed by atoms with van der Waals surface area (Å²) in [5.41, 5.74) is 0. The van der Waals surface area contributed by atoms with Gasteiger partial charge in [-0.2, -0.15) is 0 Å². The van der Waals surface area contributed by atoms with E-state index in [0.29, 0.717) is 19.8 Å². The maximum Gasteiger partial charge on any atom is 0.0897 e. The van der Waals surface area contributed by atoms with Gasteiger partial charge in [-0.3, -0.25) is 0 Å². The first-order valence-electron chi connectivity index (χ1n) is 8.15. The van der Waals surface area contributed by atoms with Gasteiger partial charge in [0.15, 0.2) is 0 Å². The third-order valence-electron chi connectivity index (χ3n) is 4.07. The molecule has 0 aliphatic carbocycles. The van der Waals surface area contributed by atoms with Gasteiger partial charge in [0.1, 0.15) is 0 Å². The van der Waals surface area contributed by atoms with Crippen LogP contribution in [0.15, 0.2) is 0 Å². The maximum atomic E-state index is 9.82. The standard InChI is InChI=1S/C15H30N2O3/c18-14(12-19-13-15-5-4-10-20-15)11-16-6-9-17-7-2-1-3-8-17/h14-16,18H,1-13H2. The van der Waals surface area contributed by atoms with Crippen LogP contribution in [0.3, 0.4) is 0 Å². The predicted molar refractivity (Wildman–Crippen MR) is 79.0 cm³/mol. The fourth-order valence-corrected chi connectivity index (χ4v) is 2.86. The summed E-state index contributed by atoms with van der Waals surface area (Å²) >= 11 is 0. The number of aliphatic hydroxyl groups excluding tert-OH is 1. The molecule has 2 rings (SSSR count). The summed E-state index contributed by atoms with van der Waals surface area (Å²) in [6.07, 6.45) is 6.09. The Morgan fingerprint density at radius 3 is 2.85 bits per heavy atom. The number of aliphatic hydroxyl groups is 1. The van der Waals surface area contributed by atoms with Crippen LogP contribution in [0.25, 0.3) is 0 Å². The van der Waals surface area contributed by atoms with Crippen molar-refractivity contribution in [3.63, 3.8) is 0 Å². The molecule has 5 heteroatoms. The SMILES string of the molecule is OC(CNCCN1CCCCC1)COCC1CCCO1. The zero-order chi connectivity index (χ0) is 14.0. The van der Waals surface area contributed by atoms with E-state index < -0.39 is 6.10 Å². The van der Waals surface area contributed by atoms with Gasteiger partial charge in [-0.05, 0) is 38.8 Å². The van der Waals surface area contributed by atoms with E-state index in [2.05, 4.69) is 10.2 Å². The molecular formula is C15H30N2O3. The van der Waals surface area contributed by atoms with Crippen molar-refractivity contribution in [3.05, 3.63) is 0 Å². The largest absolute Gasteiger partial charge is 0.389 e. The summed E-state index contributed by atoms with van der Waals surface area (Å²) in [4.78, 5) is 2.50. The topological polar surface area (TPSA) is 54.0 Å². The molecular weight excluding hydrogens is 256 g/mol. The van der Waals surface area contributed by atoms with Crippen LogP contribution in [0.1, 0.15) is 32.1 Å². The Hall–Kier alpha value is -0.200. The Kier molecular flexibility index (Phi) is 7.83. The summed E-state index contributed by atoms with van der Waals surface area (Å²) < 4.78 is 11.0. The minimum atomic E-state index is -0.419. The fraction of sp³-hybridized carbons (Fsp3) is 1.00. The van der Waals surface area contributed by atoms with E-state index in [0.717, 1.165) is 32.5 Å². The van der Waals surface area contributed by atoms with Gasteiger partial charge in [-0.25, -0.2) is 0 Å². The maximum absolute atomic E-state index is 9.82. The van der Waals surface area contributed by atoms with E-state index in [1.54, 1.807) is 0 Å². The van der Waals surface area contributed by atoms with Gasteiger partial charge >= 0.3 is 0 Å². The van der Waals surface area contributed by atoms with Gasteiger partial charge in [-0.1, -0.05) is 6.42 Å². The molecule has 2 atom stereocenters. The molecule has 118 valence electrons. The molecule has 0 saturated carbocycles. The molecule has 0 aromatic rings. The zero-order valence-corrected chi connectivity index (χ0v) is 12.6. The number of piperidine rings is 1. The Morgan fingerprint density at radius 1 is 1.25 bits per heavy atom. The number of hydrogen-bond acceptors (Lipinski definition) is 5. The molecule has 2 unspecified atom stereocenters. The van der Waals surface area contributed by atoms with Gasteiger partial charge in [0.05, 0.1) is 25.4 Å². The molecule has 2 heterocycles. The zero-order valence-electron chi connectivity index (χ0n) is 12.6. The van der Waals surface area contributed by atoms with Crippen molar-refractivity contribution in [1.29, 1.82) is 0 Å². The van der Waals surface area contributed by atoms with Crippen LogP contribution in [0, 0.1) is 0 Å². The highest BCUT2D eigenvalue weighted by molar-refractivity contribution is 4.67. The number of hydrogen-bond donors (Lipinski definition) is 2. The van der Waals surface area contributed by atoms with Gasteiger partial charge in [-0.15, -0.1) is 0 Å². The second kappa shape index (κ2) is 9.68. The van der Waals surface area contributed by atoms with Crippen LogP contribution in [0.2, 0.25) is 0 Å². The van der Waals surface area contributed by atoms with Crippen molar-refractivity contribution in [1.82, 2.24) is 10.2 Å². The Balaban J connectivity index is 1.40. The smallest absolute Gasteiger partial charge is 0.0897 e. The minimum Gasteiger partial charge on any atom is -0.389 e. The molecule has 0 bridgehead atoms. The van der Waals surface area contributed by atoms with Gasteiger partial charge in [0.25, 0.3) is 0 Å². The number of ether oxygens (including phenoxy) is 2. The normalized spacial score (nSPS) is 25.9. The van der Waals surface area contributed by atoms with Gasteiger partial charge < -0.3 is 24.8 Å². The summed E-state index contributed by atoms with van der Waals surface area (Å²) in [7, 11) is 0. The van der Waals surface area contributed by atoms with Crippen molar-refractivity contribution in [2.75, 3.05) is 52.5 Å². The molecule has 0 aromatic carbocycles. The Labute approximate surface area is 122 Å². The highest BCUT2D eigenvalue weighted by atomic mass is 16.5. The summed E-state index contributed by atoms with van der Waals surface area (Å²) in [6.45, 7) is 6.98. The van der Waals surface area contributed by atoms with E-state index in [4.69, 9.17) is 9.47 Å². The highest BCUT2D eigenvalue weighted by Gasteiger charge is 2.16. The summed E-state index contributed by atoms with van der Waals surface area (Å²) in [6, 6.07) is 0. The van der Waals surface area contributed by atoms with Crippen molar-refractivity contribution < 1.29 is 14.6 Å². The number of likely N-dealkylation sites (tertiary alicyclic amines) is 1. The second-order valence-electron chi connectivity index (χ2n) is 5.93. The number of nitrogens with one attached hydrogen (secondary N) is 1. The van der Waals surface area contributed by atoms with Crippen molar-refractivity contribution >= 4 is 0 Å². The molecule has 2 aliphatic rings. The number of nitrogens with zero attached hydrogens (tertiary/aromatic N) is 1. The lowest BCUT2D eigenvalue weighted by Gasteiger charge is -2.26. The molecule has 20 heavy (non-hydrogen) atoms. The van der Waals surface area contributed by atoms with E-state index in [-0.39, 0.29) is 6.10 Å². The number of rotatable bonds is 9. The molecule has 2 fully saturated rings. The van der Waals surface area contributed by atoms with Crippen molar-refractivity contribution in [3.8, 4) is 0 Å². The third kappa shape index (κ3) is 6.50. The second-order valence-corrected chi connectivity index (χ2v) is 5.93. The quantitative estimate of drug-likeness (QED) is 0.609. The fourth-order valence-electron chi connectivity index (χ4n) is 2.86. The average molecular weight is 286 g/mol. The third-order valence-corrected chi connectivity index (χ3v) is 4.07. The minimum absolute atomic E-state index is 0.245. The van der Waals surface area contributed by atoms with E-state index >= 15 is 0 Å². The van der Waals surface area contributed by atoms with Crippen LogP contribution in [0.5, 0.6) is 0 Å². The lowest BCUT2D eigenvalue weighted by Crippen LogP contribution is -2.38. The van der Waals surface area contributed by atoms with Crippen LogP contribution in [-0.4, -0.2) is 74.8 Å². The molecule has 0 spiro atoms.